The van der Waals surface area contributed by atoms with Gasteiger partial charge in [0.05, 0.1) is 0 Å². The first-order valence-electron chi connectivity index (χ1n) is 18.4. The average Bonchev–Trinajstić information content (AvgIpc) is 3.71. The molecule has 2 nitrogen and oxygen atoms in total. The van der Waals surface area contributed by atoms with Crippen molar-refractivity contribution in [3.05, 3.63) is 187 Å². The maximum Gasteiger partial charge on any atom is 0.136 e. The highest BCUT2D eigenvalue weighted by Crippen LogP contribution is 2.54. The first-order chi connectivity index (χ1) is 26.0. The van der Waals surface area contributed by atoms with Crippen LogP contribution in [0.5, 0.6) is 0 Å². The van der Waals surface area contributed by atoms with Crippen LogP contribution in [0, 0.1) is 0 Å². The lowest BCUT2D eigenvalue weighted by atomic mass is 9.81. The molecule has 53 heavy (non-hydrogen) atoms. The van der Waals surface area contributed by atoms with Crippen LogP contribution < -0.4 is 4.90 Å². The Morgan fingerprint density at radius 3 is 1.70 bits per heavy atom. The van der Waals surface area contributed by atoms with E-state index in [1.807, 2.05) is 0 Å². The van der Waals surface area contributed by atoms with Crippen molar-refractivity contribution in [2.75, 3.05) is 4.90 Å². The molecule has 0 radical (unpaired) electrons. The third-order valence-corrected chi connectivity index (χ3v) is 11.6. The highest BCUT2D eigenvalue weighted by Gasteiger charge is 2.37. The lowest BCUT2D eigenvalue weighted by Gasteiger charge is -2.28. The molecule has 0 aliphatic heterocycles. The van der Waals surface area contributed by atoms with Gasteiger partial charge in [0, 0.05) is 33.2 Å². The van der Waals surface area contributed by atoms with Crippen LogP contribution in [0.4, 0.5) is 17.1 Å². The minimum absolute atomic E-state index is 0.170. The van der Waals surface area contributed by atoms with Gasteiger partial charge in [-0.1, -0.05) is 141 Å². The van der Waals surface area contributed by atoms with Crippen molar-refractivity contribution in [2.45, 2.75) is 19.3 Å². The second-order valence-corrected chi connectivity index (χ2v) is 14.9. The Kier molecular flexibility index (Phi) is 6.33. The highest BCUT2D eigenvalue weighted by molar-refractivity contribution is 6.33. The van der Waals surface area contributed by atoms with Gasteiger partial charge in [-0.3, -0.25) is 0 Å². The second-order valence-electron chi connectivity index (χ2n) is 14.9. The van der Waals surface area contributed by atoms with Crippen molar-refractivity contribution in [2.24, 2.45) is 0 Å². The van der Waals surface area contributed by atoms with E-state index in [1.165, 1.54) is 76.8 Å². The van der Waals surface area contributed by atoms with Crippen LogP contribution in [0.3, 0.4) is 0 Å². The molecule has 250 valence electrons. The number of nitrogens with zero attached hydrogens (tertiary/aromatic N) is 1. The topological polar surface area (TPSA) is 16.4 Å². The maximum absolute atomic E-state index is 6.36. The third-order valence-electron chi connectivity index (χ3n) is 11.6. The second kappa shape index (κ2) is 11.2. The van der Waals surface area contributed by atoms with Crippen LogP contribution in [0.25, 0.3) is 76.9 Å². The Balaban J connectivity index is 1.13. The van der Waals surface area contributed by atoms with Gasteiger partial charge in [0.2, 0.25) is 0 Å². The monoisotopic (exact) mass is 677 g/mol. The van der Waals surface area contributed by atoms with E-state index in [0.717, 1.165) is 28.2 Å². The summed E-state index contributed by atoms with van der Waals surface area (Å²) in [4.78, 5) is 2.43. The van der Waals surface area contributed by atoms with E-state index in [9.17, 15) is 0 Å². The van der Waals surface area contributed by atoms with Crippen LogP contribution >= 0.6 is 0 Å². The standard InChI is InChI=1S/C51H35NO/c1-51(2)44-19-9-16-38(34-14-7-4-8-15-34)48(44)42-29-27-37(31-45(42)51)52(35-24-22-33(23-25-35)32-12-5-3-6-13-32)36-26-28-39-40-17-10-20-46-49(40)50-41(43(39)30-36)18-11-21-47(50)53-46/h3-31H,1-2H3. The van der Waals surface area contributed by atoms with Crippen LogP contribution in [-0.2, 0) is 5.41 Å². The number of hydrogen-bond acceptors (Lipinski definition) is 2. The summed E-state index contributed by atoms with van der Waals surface area (Å²) in [5, 5.41) is 7.32. The Hall–Kier alpha value is -6.64. The van der Waals surface area contributed by atoms with Gasteiger partial charge in [0.15, 0.2) is 0 Å². The zero-order valence-electron chi connectivity index (χ0n) is 29.6. The molecular weight excluding hydrogens is 643 g/mol. The molecule has 1 aromatic heterocycles. The van der Waals surface area contributed by atoms with Gasteiger partial charge in [0.25, 0.3) is 0 Å². The zero-order chi connectivity index (χ0) is 35.3. The molecule has 0 spiro atoms. The number of rotatable bonds is 5. The fourth-order valence-electron chi connectivity index (χ4n) is 9.10. The summed E-state index contributed by atoms with van der Waals surface area (Å²) in [6, 6.07) is 64.2. The highest BCUT2D eigenvalue weighted by atomic mass is 16.3. The number of benzene rings is 9. The Morgan fingerprint density at radius 1 is 0.396 bits per heavy atom. The summed E-state index contributed by atoms with van der Waals surface area (Å²) in [5.41, 5.74) is 15.4. The van der Waals surface area contributed by atoms with Gasteiger partial charge in [-0.05, 0) is 115 Å². The summed E-state index contributed by atoms with van der Waals surface area (Å²) < 4.78 is 6.36. The van der Waals surface area contributed by atoms with Gasteiger partial charge in [-0.25, -0.2) is 0 Å². The molecule has 9 aromatic carbocycles. The average molecular weight is 678 g/mol. The zero-order valence-corrected chi connectivity index (χ0v) is 29.6. The molecule has 0 saturated carbocycles. The van der Waals surface area contributed by atoms with Crippen molar-refractivity contribution in [3.63, 3.8) is 0 Å². The van der Waals surface area contributed by atoms with Gasteiger partial charge < -0.3 is 9.32 Å². The molecule has 1 aliphatic carbocycles. The van der Waals surface area contributed by atoms with Gasteiger partial charge in [-0.2, -0.15) is 0 Å². The lowest BCUT2D eigenvalue weighted by Crippen LogP contribution is -2.16. The quantitative estimate of drug-likeness (QED) is 0.169. The van der Waals surface area contributed by atoms with Crippen molar-refractivity contribution in [1.29, 1.82) is 0 Å². The lowest BCUT2D eigenvalue weighted by molar-refractivity contribution is 0.660. The predicted octanol–water partition coefficient (Wildman–Crippen LogP) is 14.4. The molecule has 0 atom stereocenters. The van der Waals surface area contributed by atoms with Gasteiger partial charge in [0.1, 0.15) is 11.2 Å². The maximum atomic E-state index is 6.36. The molecule has 11 rings (SSSR count). The van der Waals surface area contributed by atoms with Crippen LogP contribution in [0.15, 0.2) is 180 Å². The van der Waals surface area contributed by atoms with Crippen molar-refractivity contribution in [1.82, 2.24) is 0 Å². The van der Waals surface area contributed by atoms with E-state index in [2.05, 4.69) is 195 Å². The van der Waals surface area contributed by atoms with E-state index >= 15 is 0 Å². The molecule has 0 unspecified atom stereocenters. The molecular formula is C51H35NO. The molecule has 0 saturated heterocycles. The normalized spacial score (nSPS) is 13.2. The summed E-state index contributed by atoms with van der Waals surface area (Å²) >= 11 is 0. The summed E-state index contributed by atoms with van der Waals surface area (Å²) in [5.74, 6) is 0. The van der Waals surface area contributed by atoms with E-state index in [4.69, 9.17) is 4.42 Å². The van der Waals surface area contributed by atoms with Gasteiger partial charge in [-0.15, -0.1) is 0 Å². The van der Waals surface area contributed by atoms with E-state index in [1.54, 1.807) is 0 Å². The molecule has 1 aliphatic rings. The predicted molar refractivity (Wildman–Crippen MR) is 223 cm³/mol. The third kappa shape index (κ3) is 4.39. The largest absolute Gasteiger partial charge is 0.456 e. The van der Waals surface area contributed by atoms with E-state index in [0.29, 0.717) is 0 Å². The van der Waals surface area contributed by atoms with E-state index < -0.39 is 0 Å². The van der Waals surface area contributed by atoms with Crippen molar-refractivity contribution >= 4 is 60.5 Å². The van der Waals surface area contributed by atoms with Crippen LogP contribution in [0.2, 0.25) is 0 Å². The van der Waals surface area contributed by atoms with Crippen molar-refractivity contribution in [3.8, 4) is 33.4 Å². The Bertz CT molecular complexity index is 3010. The summed E-state index contributed by atoms with van der Waals surface area (Å²) in [7, 11) is 0. The number of anilines is 3. The smallest absolute Gasteiger partial charge is 0.136 e. The van der Waals surface area contributed by atoms with Crippen LogP contribution in [0.1, 0.15) is 25.0 Å². The summed E-state index contributed by atoms with van der Waals surface area (Å²) in [6.07, 6.45) is 0. The summed E-state index contributed by atoms with van der Waals surface area (Å²) in [6.45, 7) is 4.75. The minimum Gasteiger partial charge on any atom is -0.456 e. The number of furan rings is 1. The molecule has 0 fully saturated rings. The Morgan fingerprint density at radius 2 is 0.981 bits per heavy atom. The first kappa shape index (κ1) is 30.0. The molecule has 10 aromatic rings. The first-order valence-corrected chi connectivity index (χ1v) is 18.4. The van der Waals surface area contributed by atoms with Crippen LogP contribution in [-0.4, -0.2) is 0 Å². The minimum atomic E-state index is -0.170. The fraction of sp³-hybridized carbons (Fsp3) is 0.0588. The molecule has 0 amide bonds. The van der Waals surface area contributed by atoms with Gasteiger partial charge >= 0.3 is 0 Å². The SMILES string of the molecule is CC1(C)c2cc(N(c3ccc(-c4ccccc4)cc3)c3ccc4c(c3)c3cccc5oc6cccc4c6c53)ccc2-c2c(-c3ccccc3)cccc21. The fourth-order valence-corrected chi connectivity index (χ4v) is 9.10. The number of hydrogen-bond donors (Lipinski definition) is 0. The molecule has 0 N–H and O–H groups in total. The molecule has 0 bridgehead atoms. The van der Waals surface area contributed by atoms with E-state index in [-0.39, 0.29) is 5.41 Å². The molecule has 2 heteroatoms. The Labute approximate surface area is 308 Å². The molecule has 1 heterocycles. The van der Waals surface area contributed by atoms with Crippen molar-refractivity contribution < 1.29 is 4.42 Å². The number of fused-ring (bicyclic) bond motifs is 6.